The van der Waals surface area contributed by atoms with Crippen molar-refractivity contribution in [2.24, 2.45) is 7.05 Å². The van der Waals surface area contributed by atoms with Gasteiger partial charge in [-0.3, -0.25) is 0 Å². The van der Waals surface area contributed by atoms with Crippen LogP contribution in [0.5, 0.6) is 0 Å². The van der Waals surface area contributed by atoms with Gasteiger partial charge in [0.2, 0.25) is 0 Å². The molecule has 0 aromatic carbocycles. The van der Waals surface area contributed by atoms with Gasteiger partial charge in [0.05, 0.1) is 6.61 Å². The van der Waals surface area contributed by atoms with Crippen LogP contribution in [0.3, 0.4) is 0 Å². The van der Waals surface area contributed by atoms with Crippen LogP contribution in [0.2, 0.25) is 0 Å². The second kappa shape index (κ2) is 5.54. The zero-order chi connectivity index (χ0) is 11.3. The summed E-state index contributed by atoms with van der Waals surface area (Å²) in [6.07, 6.45) is 2.82. The lowest BCUT2D eigenvalue weighted by Gasteiger charge is -2.12. The van der Waals surface area contributed by atoms with Crippen molar-refractivity contribution in [3.05, 3.63) is 23.5 Å². The molecule has 1 atom stereocenters. The minimum atomic E-state index is 0.135. The highest BCUT2D eigenvalue weighted by Crippen LogP contribution is 2.06. The Morgan fingerprint density at radius 2 is 2.40 bits per heavy atom. The van der Waals surface area contributed by atoms with Gasteiger partial charge in [-0.05, 0) is 18.1 Å². The van der Waals surface area contributed by atoms with Crippen LogP contribution in [0.4, 0.5) is 0 Å². The van der Waals surface area contributed by atoms with Gasteiger partial charge >= 0.3 is 0 Å². The molecule has 0 saturated heterocycles. The van der Waals surface area contributed by atoms with Crippen molar-refractivity contribution < 1.29 is 5.11 Å². The van der Waals surface area contributed by atoms with Crippen molar-refractivity contribution in [2.45, 2.75) is 25.9 Å². The summed E-state index contributed by atoms with van der Waals surface area (Å²) < 4.78 is 1.80. The van der Waals surface area contributed by atoms with Crippen LogP contribution in [0, 0.1) is 11.3 Å². The molecule has 0 unspecified atom stereocenters. The van der Waals surface area contributed by atoms with E-state index >= 15 is 0 Å². The quantitative estimate of drug-likeness (QED) is 0.749. The molecule has 0 saturated carbocycles. The average Bonchev–Trinajstić information content (AvgIpc) is 2.60. The van der Waals surface area contributed by atoms with E-state index in [1.54, 1.807) is 4.57 Å². The van der Waals surface area contributed by atoms with E-state index in [0.717, 1.165) is 12.0 Å². The normalized spacial score (nSPS) is 12.4. The number of nitrogens with one attached hydrogen (secondary N) is 1. The van der Waals surface area contributed by atoms with Gasteiger partial charge in [-0.2, -0.15) is 5.26 Å². The maximum absolute atomic E-state index is 8.99. The van der Waals surface area contributed by atoms with Crippen LogP contribution in [0.15, 0.2) is 12.3 Å². The Morgan fingerprint density at radius 3 is 2.87 bits per heavy atom. The molecule has 0 bridgehead atoms. The first kappa shape index (κ1) is 11.8. The van der Waals surface area contributed by atoms with Gasteiger partial charge in [0, 0.05) is 25.8 Å². The predicted octanol–water partition coefficient (Wildman–Crippen LogP) is 0.757. The summed E-state index contributed by atoms with van der Waals surface area (Å²) in [7, 11) is 1.85. The molecule has 0 spiro atoms. The Hall–Kier alpha value is -1.31. The maximum Gasteiger partial charge on any atom is 0.120 e. The second-order valence-corrected chi connectivity index (χ2v) is 3.62. The molecule has 0 aliphatic rings. The first-order valence-electron chi connectivity index (χ1n) is 5.10. The van der Waals surface area contributed by atoms with Crippen molar-refractivity contribution >= 4 is 0 Å². The number of aliphatic hydroxyl groups excluding tert-OH is 1. The van der Waals surface area contributed by atoms with E-state index in [2.05, 4.69) is 11.4 Å². The standard InChI is InChI=1S/C11H17N3O/c1-3-10(8-15)13-6-9-4-11(5-12)14(2)7-9/h4,7,10,13,15H,3,6,8H2,1-2H3/t10-/m0/s1. The molecule has 0 amide bonds. The smallest absolute Gasteiger partial charge is 0.120 e. The zero-order valence-corrected chi connectivity index (χ0v) is 9.20. The number of hydrogen-bond donors (Lipinski definition) is 2. The summed E-state index contributed by atoms with van der Waals surface area (Å²) in [5.41, 5.74) is 1.73. The molecule has 15 heavy (non-hydrogen) atoms. The summed E-state index contributed by atoms with van der Waals surface area (Å²) in [6, 6.07) is 4.11. The van der Waals surface area contributed by atoms with E-state index in [9.17, 15) is 0 Å². The van der Waals surface area contributed by atoms with Gasteiger partial charge in [0.25, 0.3) is 0 Å². The largest absolute Gasteiger partial charge is 0.395 e. The molecule has 4 heteroatoms. The lowest BCUT2D eigenvalue weighted by atomic mass is 10.2. The summed E-state index contributed by atoms with van der Waals surface area (Å²) in [6.45, 7) is 2.86. The van der Waals surface area contributed by atoms with Gasteiger partial charge in [-0.25, -0.2) is 0 Å². The molecule has 1 aromatic rings. The van der Waals surface area contributed by atoms with E-state index in [0.29, 0.717) is 12.2 Å². The Balaban J connectivity index is 2.55. The molecular weight excluding hydrogens is 190 g/mol. The van der Waals surface area contributed by atoms with Crippen molar-refractivity contribution in [2.75, 3.05) is 6.61 Å². The number of nitrogens with zero attached hydrogens (tertiary/aromatic N) is 2. The van der Waals surface area contributed by atoms with Gasteiger partial charge in [-0.1, -0.05) is 6.92 Å². The number of aromatic nitrogens is 1. The van der Waals surface area contributed by atoms with Crippen molar-refractivity contribution in [3.8, 4) is 6.07 Å². The Labute approximate surface area is 90.1 Å². The Kier molecular flexibility index (Phi) is 4.35. The average molecular weight is 207 g/mol. The molecule has 0 radical (unpaired) electrons. The number of hydrogen-bond acceptors (Lipinski definition) is 3. The third-order valence-electron chi connectivity index (χ3n) is 2.48. The zero-order valence-electron chi connectivity index (χ0n) is 9.20. The van der Waals surface area contributed by atoms with Crippen molar-refractivity contribution in [3.63, 3.8) is 0 Å². The summed E-state index contributed by atoms with van der Waals surface area (Å²) in [5.74, 6) is 0. The van der Waals surface area contributed by atoms with Crippen LogP contribution in [-0.2, 0) is 13.6 Å². The molecule has 0 fully saturated rings. The maximum atomic E-state index is 8.99. The highest BCUT2D eigenvalue weighted by atomic mass is 16.3. The molecule has 1 rings (SSSR count). The highest BCUT2D eigenvalue weighted by Gasteiger charge is 2.05. The molecule has 0 aliphatic carbocycles. The summed E-state index contributed by atoms with van der Waals surface area (Å²) in [4.78, 5) is 0. The fraction of sp³-hybridized carbons (Fsp3) is 0.545. The van der Waals surface area contributed by atoms with Crippen LogP contribution in [0.1, 0.15) is 24.6 Å². The third kappa shape index (κ3) is 3.08. The van der Waals surface area contributed by atoms with E-state index in [1.807, 2.05) is 26.2 Å². The minimum absolute atomic E-state index is 0.135. The van der Waals surface area contributed by atoms with Crippen molar-refractivity contribution in [1.82, 2.24) is 9.88 Å². The van der Waals surface area contributed by atoms with Gasteiger partial charge in [0.15, 0.2) is 0 Å². The van der Waals surface area contributed by atoms with E-state index in [-0.39, 0.29) is 12.6 Å². The first-order chi connectivity index (χ1) is 7.21. The van der Waals surface area contributed by atoms with Gasteiger partial charge in [0.1, 0.15) is 11.8 Å². The molecule has 82 valence electrons. The molecule has 0 aliphatic heterocycles. The molecule has 1 aromatic heterocycles. The molecule has 2 N–H and O–H groups in total. The molecular formula is C11H17N3O. The van der Waals surface area contributed by atoms with Gasteiger partial charge in [-0.15, -0.1) is 0 Å². The lowest BCUT2D eigenvalue weighted by molar-refractivity contribution is 0.238. The van der Waals surface area contributed by atoms with Gasteiger partial charge < -0.3 is 15.0 Å². The number of rotatable bonds is 5. The number of aliphatic hydroxyl groups is 1. The predicted molar refractivity (Wildman–Crippen MR) is 58.1 cm³/mol. The fourth-order valence-electron chi connectivity index (χ4n) is 1.44. The SMILES string of the molecule is CC[C@@H](CO)NCc1cc(C#N)n(C)c1. The second-order valence-electron chi connectivity index (χ2n) is 3.62. The van der Waals surface area contributed by atoms with E-state index in [4.69, 9.17) is 10.4 Å². The van der Waals surface area contributed by atoms with Crippen LogP contribution in [0.25, 0.3) is 0 Å². The van der Waals surface area contributed by atoms with Crippen LogP contribution in [-0.4, -0.2) is 22.3 Å². The minimum Gasteiger partial charge on any atom is -0.395 e. The van der Waals surface area contributed by atoms with E-state index in [1.165, 1.54) is 0 Å². The molecule has 1 heterocycles. The first-order valence-corrected chi connectivity index (χ1v) is 5.10. The Morgan fingerprint density at radius 1 is 1.67 bits per heavy atom. The van der Waals surface area contributed by atoms with E-state index < -0.39 is 0 Å². The highest BCUT2D eigenvalue weighted by molar-refractivity contribution is 5.28. The fourth-order valence-corrected chi connectivity index (χ4v) is 1.44. The topological polar surface area (TPSA) is 61.0 Å². The number of nitriles is 1. The monoisotopic (exact) mass is 207 g/mol. The number of aryl methyl sites for hydroxylation is 1. The van der Waals surface area contributed by atoms with Crippen LogP contribution >= 0.6 is 0 Å². The summed E-state index contributed by atoms with van der Waals surface area (Å²) in [5, 5.41) is 21.0. The van der Waals surface area contributed by atoms with Crippen molar-refractivity contribution in [1.29, 1.82) is 5.26 Å². The van der Waals surface area contributed by atoms with Crippen LogP contribution < -0.4 is 5.32 Å². The summed E-state index contributed by atoms with van der Waals surface area (Å²) >= 11 is 0. The lowest BCUT2D eigenvalue weighted by Crippen LogP contribution is -2.30. The Bertz CT molecular complexity index is 347. The molecule has 4 nitrogen and oxygen atoms in total. The third-order valence-corrected chi connectivity index (χ3v) is 2.48.